The van der Waals surface area contributed by atoms with Gasteiger partial charge in [0, 0.05) is 5.39 Å². The molecule has 0 aliphatic rings. The number of nitrogens with one attached hydrogen (secondary N) is 1. The van der Waals surface area contributed by atoms with Crippen molar-refractivity contribution in [2.75, 3.05) is 13.2 Å². The normalized spacial score (nSPS) is 10.4. The summed E-state index contributed by atoms with van der Waals surface area (Å²) in [6, 6.07) is 5.99. The molecule has 8 heteroatoms. The number of carbonyl (C=O) groups excluding carboxylic acids is 2. The minimum absolute atomic E-state index is 0.0123. The molecule has 0 saturated carbocycles. The van der Waals surface area contributed by atoms with Crippen molar-refractivity contribution in [2.24, 2.45) is 0 Å². The van der Waals surface area contributed by atoms with E-state index in [2.05, 4.69) is 10.1 Å². The lowest BCUT2D eigenvalue weighted by molar-refractivity contribution is -0.141. The number of ether oxygens (including phenoxy) is 1. The molecule has 1 aromatic heterocycles. The second-order valence-electron chi connectivity index (χ2n) is 4.35. The van der Waals surface area contributed by atoms with Crippen molar-refractivity contribution >= 4 is 22.6 Å². The molecule has 0 atom stereocenters. The molecule has 2 rings (SSSR count). The Bertz CT molecular complexity index is 796. The topological polar surface area (TPSA) is 118 Å². The van der Waals surface area contributed by atoms with Crippen LogP contribution in [0.25, 0.3) is 10.8 Å². The average Bonchev–Trinajstić information content (AvgIpc) is 2.51. The van der Waals surface area contributed by atoms with E-state index in [4.69, 9.17) is 0 Å². The second-order valence-corrected chi connectivity index (χ2v) is 4.35. The van der Waals surface area contributed by atoms with Gasteiger partial charge in [0.1, 0.15) is 12.1 Å². The van der Waals surface area contributed by atoms with E-state index in [0.717, 1.165) is 0 Å². The number of rotatable bonds is 4. The summed E-state index contributed by atoms with van der Waals surface area (Å²) in [6.45, 7) is 1.40. The zero-order chi connectivity index (χ0) is 16.3. The summed E-state index contributed by atoms with van der Waals surface area (Å²) in [4.78, 5) is 35.2. The molecule has 1 amide bonds. The van der Waals surface area contributed by atoms with E-state index in [1.807, 2.05) is 0 Å². The number of hydrogen-bond acceptors (Lipinski definition) is 6. The Morgan fingerprint density at radius 3 is 2.55 bits per heavy atom. The van der Waals surface area contributed by atoms with Crippen molar-refractivity contribution in [3.63, 3.8) is 0 Å². The number of hydrogen-bond donors (Lipinski definition) is 3. The zero-order valence-corrected chi connectivity index (χ0v) is 11.7. The van der Waals surface area contributed by atoms with Crippen LogP contribution in [0, 0.1) is 0 Å². The number of aromatic nitrogens is 1. The molecule has 0 fully saturated rings. The number of aromatic hydroxyl groups is 1. The van der Waals surface area contributed by atoms with E-state index in [1.54, 1.807) is 19.1 Å². The van der Waals surface area contributed by atoms with Crippen molar-refractivity contribution in [3.05, 3.63) is 40.2 Å². The number of esters is 1. The molecule has 0 spiro atoms. The maximum absolute atomic E-state index is 12.1. The number of fused-ring (bicyclic) bond motifs is 1. The van der Waals surface area contributed by atoms with Crippen LogP contribution >= 0.6 is 0 Å². The molecule has 0 unspecified atom stereocenters. The SMILES string of the molecule is CCOC(=O)CNC(=O)c1c(O)n(O)c(=O)c2ccccc12. The minimum atomic E-state index is -0.898. The molecular weight excluding hydrogens is 292 g/mol. The van der Waals surface area contributed by atoms with Gasteiger partial charge in [-0.1, -0.05) is 18.2 Å². The van der Waals surface area contributed by atoms with Crippen molar-refractivity contribution in [3.8, 4) is 5.88 Å². The lowest BCUT2D eigenvalue weighted by atomic mass is 10.1. The summed E-state index contributed by atoms with van der Waals surface area (Å²) in [5.74, 6) is -2.36. The highest BCUT2D eigenvalue weighted by Crippen LogP contribution is 2.23. The standard InChI is InChI=1S/C14H14N2O6/c1-2-22-10(17)7-15-12(18)11-8-5-3-4-6-9(8)13(19)16(21)14(11)20/h3-6,20-21H,2,7H2,1H3,(H,15,18). The van der Waals surface area contributed by atoms with E-state index < -0.39 is 29.9 Å². The van der Waals surface area contributed by atoms with Crippen molar-refractivity contribution in [1.82, 2.24) is 10.0 Å². The van der Waals surface area contributed by atoms with E-state index >= 15 is 0 Å². The van der Waals surface area contributed by atoms with Crippen LogP contribution in [-0.2, 0) is 9.53 Å². The molecule has 3 N–H and O–H groups in total. The van der Waals surface area contributed by atoms with Gasteiger partial charge >= 0.3 is 5.97 Å². The Balaban J connectivity index is 2.44. The van der Waals surface area contributed by atoms with E-state index in [1.165, 1.54) is 12.1 Å². The molecule has 0 bridgehead atoms. The summed E-state index contributed by atoms with van der Waals surface area (Å²) in [5, 5.41) is 21.9. The Morgan fingerprint density at radius 2 is 1.91 bits per heavy atom. The first-order valence-electron chi connectivity index (χ1n) is 6.47. The molecule has 2 aromatic rings. The molecule has 1 aromatic carbocycles. The van der Waals surface area contributed by atoms with Crippen LogP contribution in [-0.4, -0.2) is 40.1 Å². The van der Waals surface area contributed by atoms with Crippen LogP contribution in [0.2, 0.25) is 0 Å². The lowest BCUT2D eigenvalue weighted by Gasteiger charge is -2.11. The molecule has 0 radical (unpaired) electrons. The predicted molar refractivity (Wildman–Crippen MR) is 76.0 cm³/mol. The van der Waals surface area contributed by atoms with Crippen LogP contribution < -0.4 is 10.9 Å². The Morgan fingerprint density at radius 1 is 1.27 bits per heavy atom. The molecule has 0 aliphatic carbocycles. The average molecular weight is 306 g/mol. The van der Waals surface area contributed by atoms with Crippen LogP contribution in [0.4, 0.5) is 0 Å². The second kappa shape index (κ2) is 6.17. The summed E-state index contributed by atoms with van der Waals surface area (Å²) in [5.41, 5.74) is -1.16. The maximum Gasteiger partial charge on any atom is 0.325 e. The van der Waals surface area contributed by atoms with Gasteiger partial charge in [-0.15, -0.1) is 4.73 Å². The highest BCUT2D eigenvalue weighted by Gasteiger charge is 2.21. The molecule has 116 valence electrons. The number of nitrogens with zero attached hydrogens (tertiary/aromatic N) is 1. The number of pyridine rings is 1. The van der Waals surface area contributed by atoms with Gasteiger partial charge < -0.3 is 20.4 Å². The largest absolute Gasteiger partial charge is 0.492 e. The van der Waals surface area contributed by atoms with Crippen molar-refractivity contribution < 1.29 is 24.6 Å². The van der Waals surface area contributed by atoms with Gasteiger partial charge in [-0.2, -0.15) is 0 Å². The van der Waals surface area contributed by atoms with Crippen LogP contribution in [0.15, 0.2) is 29.1 Å². The van der Waals surface area contributed by atoms with Crippen LogP contribution in [0.3, 0.4) is 0 Å². The van der Waals surface area contributed by atoms with Crippen LogP contribution in [0.5, 0.6) is 5.88 Å². The molecule has 1 heterocycles. The Labute approximate surface area is 124 Å². The maximum atomic E-state index is 12.1. The van der Waals surface area contributed by atoms with Crippen molar-refractivity contribution in [2.45, 2.75) is 6.92 Å². The Hall–Kier alpha value is -3.03. The van der Waals surface area contributed by atoms with Gasteiger partial charge in [0.2, 0.25) is 5.88 Å². The quantitative estimate of drug-likeness (QED) is 0.550. The summed E-state index contributed by atoms with van der Waals surface area (Å²) in [6.07, 6.45) is 0. The van der Waals surface area contributed by atoms with Gasteiger partial charge in [-0.05, 0) is 13.0 Å². The zero-order valence-electron chi connectivity index (χ0n) is 11.7. The van der Waals surface area contributed by atoms with Gasteiger partial charge in [0.25, 0.3) is 11.5 Å². The highest BCUT2D eigenvalue weighted by molar-refractivity contribution is 6.09. The third kappa shape index (κ3) is 2.71. The summed E-state index contributed by atoms with van der Waals surface area (Å²) < 4.78 is 4.66. The fourth-order valence-electron chi connectivity index (χ4n) is 2.00. The molecule has 22 heavy (non-hydrogen) atoms. The minimum Gasteiger partial charge on any atom is -0.492 e. The first-order valence-corrected chi connectivity index (χ1v) is 6.47. The first kappa shape index (κ1) is 15.4. The fourth-order valence-corrected chi connectivity index (χ4v) is 2.00. The smallest absolute Gasteiger partial charge is 0.325 e. The van der Waals surface area contributed by atoms with E-state index in [9.17, 15) is 24.7 Å². The van der Waals surface area contributed by atoms with Gasteiger partial charge in [0.05, 0.1) is 12.0 Å². The van der Waals surface area contributed by atoms with E-state index in [0.29, 0.717) is 0 Å². The van der Waals surface area contributed by atoms with Gasteiger partial charge in [0.15, 0.2) is 0 Å². The van der Waals surface area contributed by atoms with E-state index in [-0.39, 0.29) is 27.7 Å². The molecule has 0 aliphatic heterocycles. The molecular formula is C14H14N2O6. The van der Waals surface area contributed by atoms with Crippen LogP contribution in [0.1, 0.15) is 17.3 Å². The monoisotopic (exact) mass is 306 g/mol. The molecule has 0 saturated heterocycles. The summed E-state index contributed by atoms with van der Waals surface area (Å²) >= 11 is 0. The van der Waals surface area contributed by atoms with Gasteiger partial charge in [-0.25, -0.2) is 0 Å². The third-order valence-electron chi connectivity index (χ3n) is 2.97. The molecule has 8 nitrogen and oxygen atoms in total. The first-order chi connectivity index (χ1) is 10.5. The lowest BCUT2D eigenvalue weighted by Crippen LogP contribution is -2.32. The number of carbonyl (C=O) groups is 2. The highest BCUT2D eigenvalue weighted by atomic mass is 16.5. The predicted octanol–water partition coefficient (Wildman–Crippen LogP) is 0.237. The Kier molecular flexibility index (Phi) is 4.31. The number of amides is 1. The van der Waals surface area contributed by atoms with Gasteiger partial charge in [-0.3, -0.25) is 14.4 Å². The summed E-state index contributed by atoms with van der Waals surface area (Å²) in [7, 11) is 0. The number of benzene rings is 1. The third-order valence-corrected chi connectivity index (χ3v) is 2.97. The van der Waals surface area contributed by atoms with Crippen molar-refractivity contribution in [1.29, 1.82) is 0 Å². The fraction of sp³-hybridized carbons (Fsp3) is 0.214.